The number of aromatic amines is 1. The van der Waals surface area contributed by atoms with Crippen LogP contribution in [0.5, 0.6) is 0 Å². The van der Waals surface area contributed by atoms with E-state index in [1.54, 1.807) is 36.4 Å². The molecular formula is C15H12ClN5O. The minimum absolute atomic E-state index is 0.231. The fourth-order valence-corrected chi connectivity index (χ4v) is 2.25. The van der Waals surface area contributed by atoms with E-state index in [0.717, 1.165) is 11.1 Å². The molecule has 0 aliphatic carbocycles. The third-order valence-electron chi connectivity index (χ3n) is 3.12. The summed E-state index contributed by atoms with van der Waals surface area (Å²) in [4.78, 5) is 12.2. The van der Waals surface area contributed by atoms with Gasteiger partial charge in [-0.25, -0.2) is 0 Å². The first-order valence-electron chi connectivity index (χ1n) is 6.55. The van der Waals surface area contributed by atoms with Crippen LogP contribution in [0.2, 0.25) is 5.02 Å². The lowest BCUT2D eigenvalue weighted by Crippen LogP contribution is -2.12. The van der Waals surface area contributed by atoms with E-state index in [2.05, 4.69) is 25.9 Å². The molecule has 2 N–H and O–H groups in total. The van der Waals surface area contributed by atoms with Crippen LogP contribution in [-0.2, 0) is 0 Å². The zero-order valence-corrected chi connectivity index (χ0v) is 12.4. The predicted octanol–water partition coefficient (Wildman–Crippen LogP) is 3.08. The number of tetrazole rings is 1. The summed E-state index contributed by atoms with van der Waals surface area (Å²) >= 11 is 6.11. The molecule has 1 heterocycles. The summed E-state index contributed by atoms with van der Waals surface area (Å²) in [5.41, 5.74) is 2.91. The fraction of sp³-hybridized carbons (Fsp3) is 0.0667. The number of nitrogens with zero attached hydrogens (tertiary/aromatic N) is 3. The lowest BCUT2D eigenvalue weighted by molar-refractivity contribution is 0.102. The summed E-state index contributed by atoms with van der Waals surface area (Å²) in [6.45, 7) is 1.94. The van der Waals surface area contributed by atoms with Gasteiger partial charge in [0.1, 0.15) is 0 Å². The smallest absolute Gasteiger partial charge is 0.255 e. The molecular weight excluding hydrogens is 302 g/mol. The van der Waals surface area contributed by atoms with E-state index < -0.39 is 0 Å². The van der Waals surface area contributed by atoms with Gasteiger partial charge in [-0.05, 0) is 42.0 Å². The maximum absolute atomic E-state index is 12.2. The molecule has 1 amide bonds. The van der Waals surface area contributed by atoms with Crippen LogP contribution in [0, 0.1) is 6.92 Å². The first-order chi connectivity index (χ1) is 10.6. The maximum Gasteiger partial charge on any atom is 0.255 e. The van der Waals surface area contributed by atoms with Gasteiger partial charge in [-0.2, -0.15) is 5.21 Å². The van der Waals surface area contributed by atoms with Crippen molar-refractivity contribution >= 4 is 23.2 Å². The van der Waals surface area contributed by atoms with Crippen molar-refractivity contribution in [2.24, 2.45) is 0 Å². The lowest BCUT2D eigenvalue weighted by atomic mass is 10.1. The van der Waals surface area contributed by atoms with E-state index in [-0.39, 0.29) is 5.91 Å². The molecule has 0 saturated heterocycles. The highest BCUT2D eigenvalue weighted by molar-refractivity contribution is 6.34. The van der Waals surface area contributed by atoms with Crippen molar-refractivity contribution in [3.8, 4) is 11.4 Å². The molecule has 110 valence electrons. The normalized spacial score (nSPS) is 10.5. The molecule has 0 spiro atoms. The Hall–Kier alpha value is -2.73. The van der Waals surface area contributed by atoms with E-state index in [1.165, 1.54) is 0 Å². The molecule has 1 aromatic heterocycles. The number of anilines is 1. The van der Waals surface area contributed by atoms with Gasteiger partial charge in [-0.1, -0.05) is 29.8 Å². The topological polar surface area (TPSA) is 83.6 Å². The fourth-order valence-electron chi connectivity index (χ4n) is 1.97. The van der Waals surface area contributed by atoms with Crippen LogP contribution in [-0.4, -0.2) is 26.5 Å². The average Bonchev–Trinajstić information content (AvgIpc) is 3.04. The highest BCUT2D eigenvalue weighted by Gasteiger charge is 2.10. The van der Waals surface area contributed by atoms with Gasteiger partial charge in [0.15, 0.2) is 0 Å². The molecule has 0 fully saturated rings. The van der Waals surface area contributed by atoms with Gasteiger partial charge in [-0.3, -0.25) is 4.79 Å². The number of rotatable bonds is 3. The van der Waals surface area contributed by atoms with E-state index in [1.807, 2.05) is 13.0 Å². The highest BCUT2D eigenvalue weighted by Crippen LogP contribution is 2.23. The van der Waals surface area contributed by atoms with Crippen molar-refractivity contribution in [3.05, 3.63) is 58.6 Å². The molecule has 2 aromatic carbocycles. The minimum Gasteiger partial charge on any atom is -0.321 e. The van der Waals surface area contributed by atoms with Crippen molar-refractivity contribution in [3.63, 3.8) is 0 Å². The van der Waals surface area contributed by atoms with Gasteiger partial charge < -0.3 is 5.32 Å². The van der Waals surface area contributed by atoms with Gasteiger partial charge in [-0.15, -0.1) is 10.2 Å². The summed E-state index contributed by atoms with van der Waals surface area (Å²) in [5.74, 6) is 0.249. The Labute approximate surface area is 131 Å². The Morgan fingerprint density at radius 1 is 1.18 bits per heavy atom. The number of hydrogen-bond acceptors (Lipinski definition) is 4. The van der Waals surface area contributed by atoms with Crippen molar-refractivity contribution < 1.29 is 4.79 Å². The first kappa shape index (κ1) is 14.2. The van der Waals surface area contributed by atoms with E-state index >= 15 is 0 Å². The minimum atomic E-state index is -0.231. The molecule has 3 rings (SSSR count). The molecule has 22 heavy (non-hydrogen) atoms. The molecule has 7 heteroatoms. The number of carbonyl (C=O) groups is 1. The van der Waals surface area contributed by atoms with Crippen molar-refractivity contribution in [2.75, 3.05) is 5.32 Å². The maximum atomic E-state index is 12.2. The third-order valence-corrected chi connectivity index (χ3v) is 3.44. The Bertz CT molecular complexity index is 799. The Morgan fingerprint density at radius 3 is 2.59 bits per heavy atom. The zero-order chi connectivity index (χ0) is 15.5. The summed E-state index contributed by atoms with van der Waals surface area (Å²) in [5, 5.41) is 16.9. The second-order valence-electron chi connectivity index (χ2n) is 4.75. The predicted molar refractivity (Wildman–Crippen MR) is 83.8 cm³/mol. The number of halogens is 1. The standard InChI is InChI=1S/C15H12ClN5O/c1-9-2-7-13(12(16)8-9)17-15(22)11-5-3-10(4-6-11)14-18-20-21-19-14/h2-8H,1H3,(H,17,22)(H,18,19,20,21). The van der Waals surface area contributed by atoms with Crippen molar-refractivity contribution in [2.45, 2.75) is 6.92 Å². The van der Waals surface area contributed by atoms with Crippen LogP contribution < -0.4 is 5.32 Å². The van der Waals surface area contributed by atoms with E-state index in [0.29, 0.717) is 22.1 Å². The SMILES string of the molecule is Cc1ccc(NC(=O)c2ccc(-c3nn[nH]n3)cc2)c(Cl)c1. The molecule has 3 aromatic rings. The number of aromatic nitrogens is 4. The zero-order valence-electron chi connectivity index (χ0n) is 11.7. The van der Waals surface area contributed by atoms with Crippen molar-refractivity contribution in [1.82, 2.24) is 20.6 Å². The molecule has 0 aliphatic rings. The van der Waals surface area contributed by atoms with Crippen LogP contribution in [0.15, 0.2) is 42.5 Å². The van der Waals surface area contributed by atoms with Gasteiger partial charge in [0.25, 0.3) is 5.91 Å². The molecule has 0 aliphatic heterocycles. The second-order valence-corrected chi connectivity index (χ2v) is 5.16. The molecule has 0 saturated carbocycles. The Kier molecular flexibility index (Phi) is 3.84. The number of nitrogens with one attached hydrogen (secondary N) is 2. The number of carbonyl (C=O) groups excluding carboxylic acids is 1. The number of aryl methyl sites for hydroxylation is 1. The van der Waals surface area contributed by atoms with Gasteiger partial charge >= 0.3 is 0 Å². The lowest BCUT2D eigenvalue weighted by Gasteiger charge is -2.08. The number of amides is 1. The summed E-state index contributed by atoms with van der Waals surface area (Å²) in [6, 6.07) is 12.4. The summed E-state index contributed by atoms with van der Waals surface area (Å²) in [7, 11) is 0. The average molecular weight is 314 g/mol. The highest BCUT2D eigenvalue weighted by atomic mass is 35.5. The van der Waals surface area contributed by atoms with Gasteiger partial charge in [0.2, 0.25) is 5.82 Å². The monoisotopic (exact) mass is 313 g/mol. The quantitative estimate of drug-likeness (QED) is 0.778. The van der Waals surface area contributed by atoms with Crippen LogP contribution in [0.4, 0.5) is 5.69 Å². The third kappa shape index (κ3) is 2.96. The van der Waals surface area contributed by atoms with E-state index in [9.17, 15) is 4.79 Å². The van der Waals surface area contributed by atoms with Crippen LogP contribution in [0.3, 0.4) is 0 Å². The molecule has 0 atom stereocenters. The van der Waals surface area contributed by atoms with Gasteiger partial charge in [0.05, 0.1) is 10.7 Å². The summed E-state index contributed by atoms with van der Waals surface area (Å²) < 4.78 is 0. The van der Waals surface area contributed by atoms with E-state index in [4.69, 9.17) is 11.6 Å². The van der Waals surface area contributed by atoms with Crippen LogP contribution >= 0.6 is 11.6 Å². The molecule has 0 radical (unpaired) electrons. The second kappa shape index (κ2) is 5.95. The molecule has 0 unspecified atom stereocenters. The largest absolute Gasteiger partial charge is 0.321 e. The number of hydrogen-bond donors (Lipinski definition) is 2. The molecule has 6 nitrogen and oxygen atoms in total. The number of benzene rings is 2. The first-order valence-corrected chi connectivity index (χ1v) is 6.92. The Morgan fingerprint density at radius 2 is 1.95 bits per heavy atom. The summed E-state index contributed by atoms with van der Waals surface area (Å²) in [6.07, 6.45) is 0. The van der Waals surface area contributed by atoms with Crippen molar-refractivity contribution in [1.29, 1.82) is 0 Å². The number of H-pyrrole nitrogens is 1. The van der Waals surface area contributed by atoms with Crippen LogP contribution in [0.25, 0.3) is 11.4 Å². The Balaban J connectivity index is 1.77. The molecule has 0 bridgehead atoms. The van der Waals surface area contributed by atoms with Crippen LogP contribution in [0.1, 0.15) is 15.9 Å². The van der Waals surface area contributed by atoms with Gasteiger partial charge in [0, 0.05) is 11.1 Å².